The van der Waals surface area contributed by atoms with E-state index in [0.717, 1.165) is 11.3 Å². The van der Waals surface area contributed by atoms with Gasteiger partial charge in [-0.15, -0.1) is 0 Å². The van der Waals surface area contributed by atoms with Gasteiger partial charge in [0.25, 0.3) is 5.91 Å². The van der Waals surface area contributed by atoms with Crippen LogP contribution >= 0.6 is 11.6 Å². The third-order valence-electron chi connectivity index (χ3n) is 2.93. The number of hydrogen-bond acceptors (Lipinski definition) is 2. The standard InChI is InChI=1S/C14H11ClN2O/c15-10-5-3-4-9(8-10)13-16-12-7-2-1-6-11(12)14(18)17-13/h1-8,13,16H,(H,17,18)/t13-/m0/s1. The van der Waals surface area contributed by atoms with Crippen LogP contribution in [0.2, 0.25) is 5.02 Å². The molecule has 0 saturated heterocycles. The molecule has 3 rings (SSSR count). The maximum atomic E-state index is 12.0. The molecule has 0 radical (unpaired) electrons. The fourth-order valence-corrected chi connectivity index (χ4v) is 2.26. The van der Waals surface area contributed by atoms with Crippen molar-refractivity contribution in [1.82, 2.24) is 5.32 Å². The summed E-state index contributed by atoms with van der Waals surface area (Å²) in [5.41, 5.74) is 2.44. The highest BCUT2D eigenvalue weighted by Gasteiger charge is 2.23. The van der Waals surface area contributed by atoms with Gasteiger partial charge in [-0.3, -0.25) is 4.79 Å². The minimum Gasteiger partial charge on any atom is -0.361 e. The van der Waals surface area contributed by atoms with Crippen molar-refractivity contribution in [1.29, 1.82) is 0 Å². The number of hydrogen-bond donors (Lipinski definition) is 2. The van der Waals surface area contributed by atoms with Crippen molar-refractivity contribution in [2.75, 3.05) is 5.32 Å². The number of carbonyl (C=O) groups excluding carboxylic acids is 1. The second kappa shape index (κ2) is 4.35. The molecule has 90 valence electrons. The SMILES string of the molecule is O=C1N[C@@H](c2cccc(Cl)c2)Nc2ccccc21. The van der Waals surface area contributed by atoms with Gasteiger partial charge in [-0.2, -0.15) is 0 Å². The molecule has 1 heterocycles. The largest absolute Gasteiger partial charge is 0.361 e. The summed E-state index contributed by atoms with van der Waals surface area (Å²) in [6.45, 7) is 0. The number of fused-ring (bicyclic) bond motifs is 1. The van der Waals surface area contributed by atoms with E-state index in [1.165, 1.54) is 0 Å². The number of carbonyl (C=O) groups is 1. The van der Waals surface area contributed by atoms with Crippen LogP contribution < -0.4 is 10.6 Å². The summed E-state index contributed by atoms with van der Waals surface area (Å²) in [5, 5.41) is 6.84. The van der Waals surface area contributed by atoms with E-state index in [-0.39, 0.29) is 12.1 Å². The fourth-order valence-electron chi connectivity index (χ4n) is 2.06. The van der Waals surface area contributed by atoms with Gasteiger partial charge in [-0.25, -0.2) is 0 Å². The van der Waals surface area contributed by atoms with E-state index in [1.807, 2.05) is 42.5 Å². The van der Waals surface area contributed by atoms with Crippen molar-refractivity contribution in [3.63, 3.8) is 0 Å². The molecule has 3 nitrogen and oxygen atoms in total. The van der Waals surface area contributed by atoms with Gasteiger partial charge in [0, 0.05) is 10.7 Å². The average Bonchev–Trinajstić information content (AvgIpc) is 2.39. The van der Waals surface area contributed by atoms with Gasteiger partial charge in [0.2, 0.25) is 0 Å². The van der Waals surface area contributed by atoms with Crippen molar-refractivity contribution in [2.24, 2.45) is 0 Å². The van der Waals surface area contributed by atoms with Crippen LogP contribution in [0.1, 0.15) is 22.1 Å². The highest BCUT2D eigenvalue weighted by Crippen LogP contribution is 2.27. The molecule has 2 aromatic rings. The van der Waals surface area contributed by atoms with Crippen LogP contribution in [0.5, 0.6) is 0 Å². The van der Waals surface area contributed by atoms with Gasteiger partial charge in [0.1, 0.15) is 6.17 Å². The van der Waals surface area contributed by atoms with Crippen LogP contribution in [0.25, 0.3) is 0 Å². The minimum atomic E-state index is -0.244. The van der Waals surface area contributed by atoms with Gasteiger partial charge in [0.05, 0.1) is 5.56 Å². The first-order valence-electron chi connectivity index (χ1n) is 5.66. The predicted octanol–water partition coefficient (Wildman–Crippen LogP) is 3.19. The Morgan fingerprint density at radius 3 is 2.67 bits per heavy atom. The molecule has 0 spiro atoms. The molecule has 4 heteroatoms. The molecule has 0 saturated carbocycles. The van der Waals surface area contributed by atoms with E-state index in [4.69, 9.17) is 11.6 Å². The fraction of sp³-hybridized carbons (Fsp3) is 0.0714. The predicted molar refractivity (Wildman–Crippen MR) is 71.7 cm³/mol. The van der Waals surface area contributed by atoms with Gasteiger partial charge in [-0.1, -0.05) is 35.9 Å². The summed E-state index contributed by atoms with van der Waals surface area (Å²) in [4.78, 5) is 12.0. The molecule has 2 N–H and O–H groups in total. The highest BCUT2D eigenvalue weighted by molar-refractivity contribution is 6.30. The van der Waals surface area contributed by atoms with Crippen LogP contribution in [0, 0.1) is 0 Å². The summed E-state index contributed by atoms with van der Waals surface area (Å²) < 4.78 is 0. The second-order valence-corrected chi connectivity index (χ2v) is 4.59. The average molecular weight is 259 g/mol. The lowest BCUT2D eigenvalue weighted by molar-refractivity contribution is 0.0935. The highest BCUT2D eigenvalue weighted by atomic mass is 35.5. The summed E-state index contributed by atoms with van der Waals surface area (Å²) in [7, 11) is 0. The third-order valence-corrected chi connectivity index (χ3v) is 3.16. The molecule has 1 aliphatic rings. The first kappa shape index (κ1) is 11.1. The second-order valence-electron chi connectivity index (χ2n) is 4.15. The van der Waals surface area contributed by atoms with Crippen LogP contribution in [0.4, 0.5) is 5.69 Å². The van der Waals surface area contributed by atoms with E-state index in [2.05, 4.69) is 10.6 Å². The topological polar surface area (TPSA) is 41.1 Å². The Morgan fingerprint density at radius 2 is 1.83 bits per heavy atom. The lowest BCUT2D eigenvalue weighted by Gasteiger charge is -2.28. The molecule has 0 aliphatic carbocycles. The quantitative estimate of drug-likeness (QED) is 0.825. The lowest BCUT2D eigenvalue weighted by atomic mass is 10.1. The Morgan fingerprint density at radius 1 is 1.00 bits per heavy atom. The van der Waals surface area contributed by atoms with E-state index in [0.29, 0.717) is 10.6 Å². The van der Waals surface area contributed by atoms with Crippen LogP contribution in [-0.2, 0) is 0 Å². The normalized spacial score (nSPS) is 17.6. The van der Waals surface area contributed by atoms with Crippen molar-refractivity contribution < 1.29 is 4.79 Å². The summed E-state index contributed by atoms with van der Waals surface area (Å²) in [5.74, 6) is -0.0747. The smallest absolute Gasteiger partial charge is 0.255 e. The van der Waals surface area contributed by atoms with E-state index < -0.39 is 0 Å². The summed E-state index contributed by atoms with van der Waals surface area (Å²) in [6, 6.07) is 14.9. The Balaban J connectivity index is 1.97. The molecule has 0 bridgehead atoms. The number of nitrogens with one attached hydrogen (secondary N) is 2. The first-order chi connectivity index (χ1) is 8.74. The molecule has 2 aromatic carbocycles. The van der Waals surface area contributed by atoms with Crippen LogP contribution in [0.3, 0.4) is 0 Å². The van der Waals surface area contributed by atoms with Crippen molar-refractivity contribution >= 4 is 23.2 Å². The van der Waals surface area contributed by atoms with Gasteiger partial charge < -0.3 is 10.6 Å². The number of para-hydroxylation sites is 1. The van der Waals surface area contributed by atoms with Crippen molar-refractivity contribution in [3.8, 4) is 0 Å². The third kappa shape index (κ3) is 1.93. The number of anilines is 1. The molecule has 1 aliphatic heterocycles. The van der Waals surface area contributed by atoms with E-state index in [9.17, 15) is 4.79 Å². The molecular formula is C14H11ClN2O. The zero-order valence-corrected chi connectivity index (χ0v) is 10.2. The zero-order chi connectivity index (χ0) is 12.5. The number of amides is 1. The van der Waals surface area contributed by atoms with Gasteiger partial charge in [0.15, 0.2) is 0 Å². The van der Waals surface area contributed by atoms with E-state index in [1.54, 1.807) is 6.07 Å². The maximum Gasteiger partial charge on any atom is 0.255 e. The van der Waals surface area contributed by atoms with E-state index >= 15 is 0 Å². The van der Waals surface area contributed by atoms with Crippen molar-refractivity contribution in [3.05, 3.63) is 64.7 Å². The zero-order valence-electron chi connectivity index (χ0n) is 9.48. The lowest BCUT2D eigenvalue weighted by Crippen LogP contribution is -2.38. The molecule has 1 atom stereocenters. The molecule has 0 aromatic heterocycles. The number of halogens is 1. The molecule has 0 fully saturated rings. The molecular weight excluding hydrogens is 248 g/mol. The monoisotopic (exact) mass is 258 g/mol. The molecule has 0 unspecified atom stereocenters. The Kier molecular flexibility index (Phi) is 2.68. The Bertz CT molecular complexity index is 612. The maximum absolute atomic E-state index is 12.0. The Hall–Kier alpha value is -2.00. The summed E-state index contributed by atoms with van der Waals surface area (Å²) >= 11 is 5.96. The summed E-state index contributed by atoms with van der Waals surface area (Å²) in [6.07, 6.45) is -0.244. The first-order valence-corrected chi connectivity index (χ1v) is 6.04. The number of benzene rings is 2. The van der Waals surface area contributed by atoms with Gasteiger partial charge >= 0.3 is 0 Å². The minimum absolute atomic E-state index is 0.0747. The number of rotatable bonds is 1. The Labute approximate surface area is 110 Å². The molecule has 18 heavy (non-hydrogen) atoms. The van der Waals surface area contributed by atoms with Gasteiger partial charge in [-0.05, 0) is 29.8 Å². The van der Waals surface area contributed by atoms with Crippen LogP contribution in [0.15, 0.2) is 48.5 Å². The van der Waals surface area contributed by atoms with Crippen molar-refractivity contribution in [2.45, 2.75) is 6.17 Å². The van der Waals surface area contributed by atoms with Crippen LogP contribution in [-0.4, -0.2) is 5.91 Å². The molecule has 1 amide bonds.